The molecule has 0 fully saturated rings. The number of hydrogen-bond acceptors (Lipinski definition) is 14. The van der Waals surface area contributed by atoms with Crippen LogP contribution in [-0.2, 0) is 73.8 Å². The average Bonchev–Trinajstić information content (AvgIpc) is 0.877. The maximum absolute atomic E-state index is 10.3. The van der Waals surface area contributed by atoms with Gasteiger partial charge in [0, 0.05) is 65.3 Å². The lowest BCUT2D eigenvalue weighted by atomic mass is 10.1. The van der Waals surface area contributed by atoms with Gasteiger partial charge in [0.1, 0.15) is 18.1 Å². The van der Waals surface area contributed by atoms with Crippen LogP contribution in [0, 0.1) is 0 Å². The topological polar surface area (TPSA) is 363 Å². The van der Waals surface area contributed by atoms with Crippen LogP contribution in [0.3, 0.4) is 0 Å². The highest BCUT2D eigenvalue weighted by molar-refractivity contribution is 8.00. The van der Waals surface area contributed by atoms with Crippen LogP contribution in [0.5, 0.6) is 11.5 Å². The van der Waals surface area contributed by atoms with Gasteiger partial charge in [-0.2, -0.15) is 0 Å². The number of thioether (sulfide) groups is 2. The molecule has 0 saturated carbocycles. The summed E-state index contributed by atoms with van der Waals surface area (Å²) in [5.41, 5.74) is 4.10. The van der Waals surface area contributed by atoms with Gasteiger partial charge in [-0.15, -0.1) is 23.5 Å². The smallest absolute Gasteiger partial charge is 0.341 e. The van der Waals surface area contributed by atoms with Crippen molar-refractivity contribution in [3.8, 4) is 11.5 Å². The van der Waals surface area contributed by atoms with Crippen LogP contribution in [0.25, 0.3) is 6.08 Å². The van der Waals surface area contributed by atoms with Crippen LogP contribution >= 0.6 is 209 Å². The van der Waals surface area contributed by atoms with Gasteiger partial charge in [0.05, 0.1) is 74.8 Å². The lowest BCUT2D eigenvalue weighted by molar-refractivity contribution is -0.143. The van der Waals surface area contributed by atoms with Gasteiger partial charge >= 0.3 is 53.7 Å². The van der Waals surface area contributed by atoms with Gasteiger partial charge in [-0.05, 0) is 187 Å². The first-order valence-electron chi connectivity index (χ1n) is 32.4. The predicted molar refractivity (Wildman–Crippen MR) is 468 cm³/mol. The molecule has 0 atom stereocenters. The Morgan fingerprint density at radius 3 is 1.19 bits per heavy atom. The summed E-state index contributed by atoms with van der Waals surface area (Å²) >= 11 is 94.0. The number of ether oxygens (including phenoxy) is 3. The zero-order valence-corrected chi connectivity index (χ0v) is 73.6. The molecule has 0 unspecified atom stereocenters. The molecule has 117 heavy (non-hydrogen) atoms. The minimum Gasteiger partial charge on any atom is -0.482 e. The first-order chi connectivity index (χ1) is 55.0. The zero-order valence-electron chi connectivity index (χ0n) is 59.9. The molecule has 0 aliphatic rings. The van der Waals surface area contributed by atoms with Crippen molar-refractivity contribution in [3.63, 3.8) is 0 Å². The molecule has 9 N–H and O–H groups in total. The van der Waals surface area contributed by atoms with Crippen LogP contribution in [0.2, 0.25) is 80.4 Å². The van der Waals surface area contributed by atoms with E-state index in [2.05, 4.69) is 0 Å². The Labute approximate surface area is 759 Å². The normalized spacial score (nSPS) is 9.98. The van der Waals surface area contributed by atoms with Crippen molar-refractivity contribution < 1.29 is 103 Å². The van der Waals surface area contributed by atoms with E-state index in [0.29, 0.717) is 111 Å². The molecule has 628 valence electrons. The summed E-state index contributed by atoms with van der Waals surface area (Å²) in [5.74, 6) is -7.08. The molecule has 0 heterocycles. The number of carboxylic acid groups (broad SMARTS) is 9. The van der Waals surface area contributed by atoms with Gasteiger partial charge in [0.15, 0.2) is 13.2 Å². The van der Waals surface area contributed by atoms with E-state index in [1.54, 1.807) is 182 Å². The number of aliphatic carboxylic acids is 9. The highest BCUT2D eigenvalue weighted by atomic mass is 35.5. The molecule has 21 nitrogen and oxygen atoms in total. The van der Waals surface area contributed by atoms with E-state index >= 15 is 0 Å². The van der Waals surface area contributed by atoms with Crippen LogP contribution in [0.4, 0.5) is 0 Å². The molecule has 39 heteroatoms. The number of halogens is 16. The first-order valence-corrected chi connectivity index (χ1v) is 40.4. The van der Waals surface area contributed by atoms with Crippen molar-refractivity contribution in [1.29, 1.82) is 0 Å². The summed E-state index contributed by atoms with van der Waals surface area (Å²) in [6, 6.07) is 48.6. The van der Waals surface area contributed by atoms with Crippen LogP contribution in [0.15, 0.2) is 192 Å². The minimum absolute atomic E-state index is 0.000244. The molecule has 0 saturated heterocycles. The van der Waals surface area contributed by atoms with Crippen LogP contribution in [0.1, 0.15) is 53.5 Å². The molecule has 0 aromatic heterocycles. The number of hydrogen-bond donors (Lipinski definition) is 9. The van der Waals surface area contributed by atoms with E-state index in [9.17, 15) is 43.2 Å². The summed E-state index contributed by atoms with van der Waals surface area (Å²) in [6.45, 7) is -0.845. The third kappa shape index (κ3) is 54.6. The molecule has 9 rings (SSSR count). The molecule has 0 aliphatic heterocycles. The molecule has 0 bridgehead atoms. The van der Waals surface area contributed by atoms with Crippen molar-refractivity contribution in [1.82, 2.24) is 0 Å². The Kier molecular flexibility index (Phi) is 56.4. The standard InChI is InChI=1S/C10H8Cl2O2.C9H8Cl2O3.3C9H8Cl2O2.C8H6Cl2O3.C8H6Cl2O2S.C8H7ClO3.C8H7ClO2S/c11-8-5-4-7(6-9(8)12)2-1-3-10(13)14;10-7-2-1-6(3-8(7)11)4-14-5-9(12)13;10-7-2-3-8(11)6(5-7)1-4-9(12)13;10-7-3-1-6(8(11)5-7)2-4-9(12)13;10-7-3-1-6(5-8(7)11)2-4-9(12)13;2*9-6-2-1-5(3-7(6)10)13-4-8(11)12;9-6-2-1-3-7(4-6)12-5-8(10)11;9-6-1-3-7(4-2-6)12-5-8(10)11/h1-2,4-6H,3H2,(H,13,14);1-3H,4-5H2,(H,12,13);2-3,5H,1,4H2,(H,12,13);2*1,3,5H,2,4H2,(H,12,13);2*1-3H,4H2,(H,11,12);2*1-4H,5H2,(H,10,11)/b2-1+;;;;;;;;. The molecule has 0 radical (unpaired) electrons. The number of carbonyl (C=O) groups is 9. The summed E-state index contributed by atoms with van der Waals surface area (Å²) in [5, 5.41) is 83.3. The van der Waals surface area contributed by atoms with Crippen molar-refractivity contribution in [2.45, 2.75) is 61.3 Å². The predicted octanol–water partition coefficient (Wildman–Crippen LogP) is 25.1. The maximum atomic E-state index is 10.3. The Morgan fingerprint density at radius 2 is 0.709 bits per heavy atom. The largest absolute Gasteiger partial charge is 0.482 e. The maximum Gasteiger partial charge on any atom is 0.341 e. The van der Waals surface area contributed by atoms with E-state index < -0.39 is 60.3 Å². The molecular formula is C78H66Cl16O21S2. The Morgan fingerprint density at radius 1 is 0.299 bits per heavy atom. The molecule has 9 aromatic rings. The van der Waals surface area contributed by atoms with E-state index in [1.165, 1.54) is 29.6 Å². The second-order valence-electron chi connectivity index (χ2n) is 22.0. The van der Waals surface area contributed by atoms with Gasteiger partial charge in [0.25, 0.3) is 0 Å². The lowest BCUT2D eigenvalue weighted by Crippen LogP contribution is -2.09. The summed E-state index contributed by atoms with van der Waals surface area (Å²) < 4.78 is 14.6. The second kappa shape index (κ2) is 61.2. The Bertz CT molecular complexity index is 4600. The first kappa shape index (κ1) is 108. The summed E-state index contributed by atoms with van der Waals surface area (Å²) in [4.78, 5) is 93.6. The van der Waals surface area contributed by atoms with Crippen molar-refractivity contribution >= 4 is 269 Å². The van der Waals surface area contributed by atoms with E-state index in [1.807, 2.05) is 0 Å². The van der Waals surface area contributed by atoms with E-state index in [-0.39, 0.29) is 57.0 Å². The Balaban J connectivity index is 0.000000658. The number of carboxylic acids is 9. The van der Waals surface area contributed by atoms with Crippen LogP contribution < -0.4 is 9.47 Å². The second-order valence-corrected chi connectivity index (χ2v) is 30.7. The zero-order chi connectivity index (χ0) is 88.3. The van der Waals surface area contributed by atoms with Gasteiger partial charge in [-0.1, -0.05) is 228 Å². The lowest BCUT2D eigenvalue weighted by Gasteiger charge is -2.03. The highest BCUT2D eigenvalue weighted by Gasteiger charge is 2.10. The minimum atomic E-state index is -1.04. The molecule has 0 aliphatic carbocycles. The fraction of sp³-hybridized carbons (Fsp3) is 0.167. The third-order valence-electron chi connectivity index (χ3n) is 12.7. The average molecular weight is 1970 g/mol. The van der Waals surface area contributed by atoms with Crippen molar-refractivity contribution in [2.75, 3.05) is 31.3 Å². The quantitative estimate of drug-likeness (QED) is 0.0206. The fourth-order valence-corrected chi connectivity index (χ4v) is 11.6. The SMILES string of the molecule is O=C(O)C/C=C/c1ccc(Cl)c(Cl)c1.O=C(O)CCc1cc(Cl)ccc1Cl.O=C(O)CCc1ccc(Cl)c(Cl)c1.O=C(O)CCc1ccc(Cl)cc1Cl.O=C(O)COCc1ccc(Cl)c(Cl)c1.O=C(O)COc1ccc(Cl)c(Cl)c1.O=C(O)COc1cccc(Cl)c1.O=C(O)CSc1ccc(Cl)c(Cl)c1.O=C(O)CSc1ccc(Cl)cc1. The molecule has 0 spiro atoms. The van der Waals surface area contributed by atoms with Crippen molar-refractivity contribution in [3.05, 3.63) is 290 Å². The monoisotopic (exact) mass is 1960 g/mol. The fourth-order valence-electron chi connectivity index (χ4n) is 7.49. The summed E-state index contributed by atoms with van der Waals surface area (Å²) in [7, 11) is 0. The summed E-state index contributed by atoms with van der Waals surface area (Å²) in [6.07, 6.45) is 4.84. The van der Waals surface area contributed by atoms with Gasteiger partial charge in [-0.25, -0.2) is 14.4 Å². The van der Waals surface area contributed by atoms with Gasteiger partial charge < -0.3 is 60.2 Å². The van der Waals surface area contributed by atoms with E-state index in [4.69, 9.17) is 246 Å². The molecule has 0 amide bonds. The number of rotatable bonds is 28. The molecular weight excluding hydrogens is 1900 g/mol. The van der Waals surface area contributed by atoms with E-state index in [0.717, 1.165) is 37.6 Å². The third-order valence-corrected chi connectivity index (χ3v) is 20.1. The number of aryl methyl sites for hydroxylation is 3. The Hall–Kier alpha value is -7.15. The molecule has 9 aromatic carbocycles. The highest BCUT2D eigenvalue weighted by Crippen LogP contribution is 2.31. The van der Waals surface area contributed by atoms with Crippen LogP contribution in [-0.4, -0.2) is 131 Å². The van der Waals surface area contributed by atoms with Gasteiger partial charge in [-0.3, -0.25) is 28.8 Å². The van der Waals surface area contributed by atoms with Gasteiger partial charge in [0.2, 0.25) is 0 Å². The number of benzene rings is 9. The van der Waals surface area contributed by atoms with Crippen molar-refractivity contribution in [2.24, 2.45) is 0 Å².